The number of likely N-dealkylation sites (N-methyl/N-ethyl adjacent to an activating group) is 1. The third kappa shape index (κ3) is 2.80. The van der Waals surface area contributed by atoms with Gasteiger partial charge in [-0.05, 0) is 24.2 Å². The molecule has 1 aliphatic carbocycles. The normalized spacial score (nSPS) is 22.8. The maximum Gasteiger partial charge on any atom is 0.0578 e. The van der Waals surface area contributed by atoms with Crippen LogP contribution < -0.4 is 0 Å². The Hall–Kier alpha value is -0.600. The fraction of sp³-hybridized carbons (Fsp3) is 0.467. The van der Waals surface area contributed by atoms with Crippen molar-refractivity contribution in [2.24, 2.45) is 0 Å². The molecule has 2 atom stereocenters. The Labute approximate surface area is 113 Å². The van der Waals surface area contributed by atoms with Gasteiger partial charge in [-0.2, -0.15) is 0 Å². The lowest BCUT2D eigenvalue weighted by molar-refractivity contribution is 0.295. The molecule has 0 N–H and O–H groups in total. The molecule has 2 heteroatoms. The van der Waals surface area contributed by atoms with Crippen molar-refractivity contribution in [3.63, 3.8) is 0 Å². The Morgan fingerprint density at radius 1 is 1.06 bits per heavy atom. The first kappa shape index (κ1) is 12.8. The van der Waals surface area contributed by atoms with Crippen LogP contribution in [0.4, 0.5) is 0 Å². The van der Waals surface area contributed by atoms with Gasteiger partial charge in [0.2, 0.25) is 0 Å². The molecule has 0 bridgehead atoms. The molecule has 0 fully saturated rings. The Morgan fingerprint density at radius 3 is 2.35 bits per heavy atom. The SMILES string of the molecule is CCN(CC)CC1C=CC(Br)c2ccccc21. The molecule has 2 rings (SSSR count). The summed E-state index contributed by atoms with van der Waals surface area (Å²) in [5.41, 5.74) is 2.90. The topological polar surface area (TPSA) is 3.24 Å². The van der Waals surface area contributed by atoms with Crippen molar-refractivity contribution >= 4 is 15.9 Å². The Morgan fingerprint density at radius 2 is 1.71 bits per heavy atom. The molecular weight excluding hydrogens is 274 g/mol. The van der Waals surface area contributed by atoms with Crippen LogP contribution in [-0.2, 0) is 0 Å². The molecule has 1 aliphatic rings. The predicted molar refractivity (Wildman–Crippen MR) is 77.8 cm³/mol. The number of rotatable bonds is 4. The summed E-state index contributed by atoms with van der Waals surface area (Å²) in [7, 11) is 0. The van der Waals surface area contributed by atoms with E-state index in [0.717, 1.165) is 19.6 Å². The summed E-state index contributed by atoms with van der Waals surface area (Å²) in [6.45, 7) is 7.84. The summed E-state index contributed by atoms with van der Waals surface area (Å²) in [6.07, 6.45) is 4.62. The maximum absolute atomic E-state index is 3.71. The van der Waals surface area contributed by atoms with Gasteiger partial charge in [0, 0.05) is 12.5 Å². The fourth-order valence-electron chi connectivity index (χ4n) is 2.46. The van der Waals surface area contributed by atoms with Crippen LogP contribution in [0.2, 0.25) is 0 Å². The van der Waals surface area contributed by atoms with Crippen LogP contribution in [-0.4, -0.2) is 24.5 Å². The molecule has 0 aromatic heterocycles. The third-order valence-electron chi connectivity index (χ3n) is 3.55. The number of nitrogens with zero attached hydrogens (tertiary/aromatic N) is 1. The number of alkyl halides is 1. The van der Waals surface area contributed by atoms with Crippen molar-refractivity contribution in [2.75, 3.05) is 19.6 Å². The van der Waals surface area contributed by atoms with Crippen molar-refractivity contribution in [1.29, 1.82) is 0 Å². The molecule has 1 aromatic rings. The number of hydrogen-bond donors (Lipinski definition) is 0. The molecule has 2 unspecified atom stereocenters. The molecular formula is C15H20BrN. The summed E-state index contributed by atoms with van der Waals surface area (Å²) >= 11 is 3.71. The number of hydrogen-bond acceptors (Lipinski definition) is 1. The molecule has 0 spiro atoms. The summed E-state index contributed by atoms with van der Waals surface area (Å²) in [6, 6.07) is 8.77. The van der Waals surface area contributed by atoms with Gasteiger partial charge >= 0.3 is 0 Å². The van der Waals surface area contributed by atoms with Gasteiger partial charge in [-0.3, -0.25) is 0 Å². The van der Waals surface area contributed by atoms with Crippen LogP contribution in [0.15, 0.2) is 36.4 Å². The quantitative estimate of drug-likeness (QED) is 0.596. The molecule has 0 aliphatic heterocycles. The van der Waals surface area contributed by atoms with E-state index in [2.05, 4.69) is 71.1 Å². The third-order valence-corrected chi connectivity index (χ3v) is 4.35. The minimum Gasteiger partial charge on any atom is -0.303 e. The minimum atomic E-state index is 0.381. The first-order valence-corrected chi connectivity index (χ1v) is 7.31. The average molecular weight is 294 g/mol. The zero-order valence-corrected chi connectivity index (χ0v) is 12.2. The number of fused-ring (bicyclic) bond motifs is 1. The largest absolute Gasteiger partial charge is 0.303 e. The lowest BCUT2D eigenvalue weighted by Gasteiger charge is -2.28. The monoisotopic (exact) mass is 293 g/mol. The van der Waals surface area contributed by atoms with Crippen LogP contribution in [0, 0.1) is 0 Å². The van der Waals surface area contributed by atoms with Gasteiger partial charge in [-0.1, -0.05) is 66.2 Å². The van der Waals surface area contributed by atoms with Crippen molar-refractivity contribution in [2.45, 2.75) is 24.6 Å². The standard InChI is InChI=1S/C15H20BrN/c1-3-17(4-2)11-12-9-10-15(16)14-8-6-5-7-13(12)14/h5-10,12,15H,3-4,11H2,1-2H3. The second-order valence-electron chi connectivity index (χ2n) is 4.51. The summed E-state index contributed by atoms with van der Waals surface area (Å²) in [5.74, 6) is 0.542. The highest BCUT2D eigenvalue weighted by Gasteiger charge is 2.21. The van der Waals surface area contributed by atoms with Crippen LogP contribution in [0.25, 0.3) is 0 Å². The number of halogens is 1. The van der Waals surface area contributed by atoms with E-state index in [0.29, 0.717) is 10.7 Å². The van der Waals surface area contributed by atoms with Crippen LogP contribution >= 0.6 is 15.9 Å². The van der Waals surface area contributed by atoms with E-state index in [4.69, 9.17) is 0 Å². The van der Waals surface area contributed by atoms with Gasteiger partial charge < -0.3 is 4.90 Å². The zero-order valence-electron chi connectivity index (χ0n) is 10.6. The van der Waals surface area contributed by atoms with Gasteiger partial charge in [0.15, 0.2) is 0 Å². The second kappa shape index (κ2) is 5.83. The molecule has 0 radical (unpaired) electrons. The Kier molecular flexibility index (Phi) is 4.41. The molecule has 0 saturated heterocycles. The van der Waals surface area contributed by atoms with Crippen molar-refractivity contribution < 1.29 is 0 Å². The fourth-order valence-corrected chi connectivity index (χ4v) is 3.05. The first-order valence-electron chi connectivity index (χ1n) is 6.39. The molecule has 1 nitrogen and oxygen atoms in total. The minimum absolute atomic E-state index is 0.381. The average Bonchev–Trinajstić information content (AvgIpc) is 2.38. The molecule has 0 heterocycles. The first-order chi connectivity index (χ1) is 8.26. The lowest BCUT2D eigenvalue weighted by atomic mass is 9.87. The van der Waals surface area contributed by atoms with Crippen molar-refractivity contribution in [3.05, 3.63) is 47.5 Å². The van der Waals surface area contributed by atoms with E-state index >= 15 is 0 Å². The smallest absolute Gasteiger partial charge is 0.0578 e. The van der Waals surface area contributed by atoms with Gasteiger partial charge in [-0.25, -0.2) is 0 Å². The lowest BCUT2D eigenvalue weighted by Crippen LogP contribution is -2.28. The Bertz CT molecular complexity index is 396. The van der Waals surface area contributed by atoms with Crippen LogP contribution in [0.3, 0.4) is 0 Å². The van der Waals surface area contributed by atoms with E-state index in [-0.39, 0.29) is 0 Å². The van der Waals surface area contributed by atoms with E-state index in [9.17, 15) is 0 Å². The summed E-state index contributed by atoms with van der Waals surface area (Å²) in [5, 5.41) is 0. The van der Waals surface area contributed by atoms with E-state index < -0.39 is 0 Å². The number of allylic oxidation sites excluding steroid dienone is 1. The van der Waals surface area contributed by atoms with E-state index in [1.807, 2.05) is 0 Å². The van der Waals surface area contributed by atoms with Crippen molar-refractivity contribution in [3.8, 4) is 0 Å². The molecule has 1 aromatic carbocycles. The molecule has 0 saturated carbocycles. The summed E-state index contributed by atoms with van der Waals surface area (Å²) < 4.78 is 0. The zero-order chi connectivity index (χ0) is 12.3. The van der Waals surface area contributed by atoms with Crippen LogP contribution in [0.5, 0.6) is 0 Å². The highest BCUT2D eigenvalue weighted by atomic mass is 79.9. The van der Waals surface area contributed by atoms with E-state index in [1.165, 1.54) is 11.1 Å². The van der Waals surface area contributed by atoms with Gasteiger partial charge in [0.05, 0.1) is 4.83 Å². The second-order valence-corrected chi connectivity index (χ2v) is 5.49. The van der Waals surface area contributed by atoms with Gasteiger partial charge in [0.25, 0.3) is 0 Å². The van der Waals surface area contributed by atoms with Gasteiger partial charge in [0.1, 0.15) is 0 Å². The highest BCUT2D eigenvalue weighted by molar-refractivity contribution is 9.09. The molecule has 0 amide bonds. The molecule has 92 valence electrons. The van der Waals surface area contributed by atoms with E-state index in [1.54, 1.807) is 0 Å². The highest BCUT2D eigenvalue weighted by Crippen LogP contribution is 2.37. The molecule has 17 heavy (non-hydrogen) atoms. The Balaban J connectivity index is 2.22. The summed E-state index contributed by atoms with van der Waals surface area (Å²) in [4.78, 5) is 2.87. The predicted octanol–water partition coefficient (Wildman–Crippen LogP) is 4.12. The van der Waals surface area contributed by atoms with Crippen molar-refractivity contribution in [1.82, 2.24) is 4.90 Å². The number of benzene rings is 1. The van der Waals surface area contributed by atoms with Gasteiger partial charge in [-0.15, -0.1) is 0 Å². The van der Waals surface area contributed by atoms with Crippen LogP contribution in [0.1, 0.15) is 35.7 Å². The maximum atomic E-state index is 3.71.